The topological polar surface area (TPSA) is 114 Å². The van der Waals surface area contributed by atoms with Crippen molar-refractivity contribution in [2.75, 3.05) is 5.32 Å². The SMILES string of the molecule is N#Cc1ccc(NC(=O)c2ccccc2C(=O)O)cc1C#N. The molecule has 22 heavy (non-hydrogen) atoms. The van der Waals surface area contributed by atoms with Crippen LogP contribution in [0.5, 0.6) is 0 Å². The van der Waals surface area contributed by atoms with Crippen molar-refractivity contribution in [2.24, 2.45) is 0 Å². The molecule has 0 radical (unpaired) electrons. The summed E-state index contributed by atoms with van der Waals surface area (Å²) in [5.74, 6) is -1.81. The third-order valence-electron chi connectivity index (χ3n) is 2.92. The molecule has 0 unspecified atom stereocenters. The van der Waals surface area contributed by atoms with Gasteiger partial charge in [-0.2, -0.15) is 10.5 Å². The molecule has 6 heteroatoms. The number of nitrogens with one attached hydrogen (secondary N) is 1. The van der Waals surface area contributed by atoms with Gasteiger partial charge in [-0.1, -0.05) is 12.1 Å². The molecule has 0 saturated carbocycles. The molecule has 106 valence electrons. The van der Waals surface area contributed by atoms with E-state index in [2.05, 4.69) is 5.32 Å². The Kier molecular flexibility index (Phi) is 4.17. The van der Waals surface area contributed by atoms with Gasteiger partial charge in [0.1, 0.15) is 12.1 Å². The summed E-state index contributed by atoms with van der Waals surface area (Å²) in [6, 6.07) is 13.8. The molecule has 2 rings (SSSR count). The van der Waals surface area contributed by atoms with E-state index >= 15 is 0 Å². The number of carbonyl (C=O) groups is 2. The van der Waals surface area contributed by atoms with Crippen LogP contribution < -0.4 is 5.32 Å². The van der Waals surface area contributed by atoms with E-state index in [9.17, 15) is 9.59 Å². The van der Waals surface area contributed by atoms with Crippen molar-refractivity contribution in [3.63, 3.8) is 0 Å². The molecule has 0 aliphatic rings. The molecule has 0 aliphatic carbocycles. The van der Waals surface area contributed by atoms with E-state index in [0.717, 1.165) is 0 Å². The molecule has 0 heterocycles. The number of nitriles is 2. The number of rotatable bonds is 3. The lowest BCUT2D eigenvalue weighted by Crippen LogP contribution is -2.16. The van der Waals surface area contributed by atoms with Crippen molar-refractivity contribution in [1.82, 2.24) is 0 Å². The summed E-state index contributed by atoms with van der Waals surface area (Å²) in [5, 5.41) is 29.4. The van der Waals surface area contributed by atoms with Crippen LogP contribution in [0.15, 0.2) is 42.5 Å². The molecule has 0 atom stereocenters. The predicted molar refractivity (Wildman–Crippen MR) is 77.2 cm³/mol. The summed E-state index contributed by atoms with van der Waals surface area (Å²) in [5.41, 5.74) is 0.533. The van der Waals surface area contributed by atoms with Crippen LogP contribution in [-0.4, -0.2) is 17.0 Å². The molecule has 2 aromatic rings. The Balaban J connectivity index is 2.33. The minimum atomic E-state index is -1.21. The molecular formula is C16H9N3O3. The maximum atomic E-state index is 12.2. The maximum absolute atomic E-state index is 12.2. The average molecular weight is 291 g/mol. The molecule has 2 aromatic carbocycles. The van der Waals surface area contributed by atoms with Gasteiger partial charge < -0.3 is 10.4 Å². The molecule has 0 saturated heterocycles. The van der Waals surface area contributed by atoms with E-state index in [-0.39, 0.29) is 22.3 Å². The van der Waals surface area contributed by atoms with E-state index in [0.29, 0.717) is 5.69 Å². The number of carboxylic acids is 1. The Hall–Kier alpha value is -3.64. The lowest BCUT2D eigenvalue weighted by molar-refractivity contribution is 0.0692. The van der Waals surface area contributed by atoms with Crippen LogP contribution in [0.3, 0.4) is 0 Å². The third kappa shape index (κ3) is 2.92. The van der Waals surface area contributed by atoms with E-state index in [1.165, 1.54) is 36.4 Å². The van der Waals surface area contributed by atoms with Crippen molar-refractivity contribution in [3.05, 3.63) is 64.7 Å². The fourth-order valence-electron chi connectivity index (χ4n) is 1.88. The largest absolute Gasteiger partial charge is 0.478 e. The van der Waals surface area contributed by atoms with Crippen LogP contribution in [0.2, 0.25) is 0 Å². The number of hydrogen-bond acceptors (Lipinski definition) is 4. The van der Waals surface area contributed by atoms with Crippen LogP contribution in [0.25, 0.3) is 0 Å². The summed E-state index contributed by atoms with van der Waals surface area (Å²) >= 11 is 0. The zero-order chi connectivity index (χ0) is 16.1. The summed E-state index contributed by atoms with van der Waals surface area (Å²) in [7, 11) is 0. The van der Waals surface area contributed by atoms with Crippen molar-refractivity contribution >= 4 is 17.6 Å². The molecule has 0 fully saturated rings. The quantitative estimate of drug-likeness (QED) is 0.901. The van der Waals surface area contributed by atoms with Crippen LogP contribution in [0.4, 0.5) is 5.69 Å². The van der Waals surface area contributed by atoms with Gasteiger partial charge in [-0.3, -0.25) is 4.79 Å². The van der Waals surface area contributed by atoms with Crippen LogP contribution in [-0.2, 0) is 0 Å². The molecular weight excluding hydrogens is 282 g/mol. The number of hydrogen-bond donors (Lipinski definition) is 2. The van der Waals surface area contributed by atoms with Gasteiger partial charge in [0.15, 0.2) is 0 Å². The minimum Gasteiger partial charge on any atom is -0.478 e. The van der Waals surface area contributed by atoms with Gasteiger partial charge in [-0.15, -0.1) is 0 Å². The third-order valence-corrected chi connectivity index (χ3v) is 2.92. The Morgan fingerprint density at radius 1 is 0.955 bits per heavy atom. The number of aromatic carboxylic acids is 1. The van der Waals surface area contributed by atoms with E-state index in [4.69, 9.17) is 15.6 Å². The second kappa shape index (κ2) is 6.21. The number of carbonyl (C=O) groups excluding carboxylic acids is 1. The first-order valence-electron chi connectivity index (χ1n) is 6.14. The highest BCUT2D eigenvalue weighted by molar-refractivity contribution is 6.10. The number of nitrogens with zero attached hydrogens (tertiary/aromatic N) is 2. The minimum absolute atomic E-state index is 0.0119. The van der Waals surface area contributed by atoms with Crippen LogP contribution in [0.1, 0.15) is 31.8 Å². The molecule has 0 spiro atoms. The highest BCUT2D eigenvalue weighted by Crippen LogP contribution is 2.17. The molecule has 6 nitrogen and oxygen atoms in total. The second-order valence-electron chi connectivity index (χ2n) is 4.29. The first-order chi connectivity index (χ1) is 10.6. The fourth-order valence-corrected chi connectivity index (χ4v) is 1.88. The first-order valence-corrected chi connectivity index (χ1v) is 6.14. The van der Waals surface area contributed by atoms with Gasteiger partial charge in [0.2, 0.25) is 0 Å². The number of carboxylic acid groups (broad SMARTS) is 1. The summed E-state index contributed by atoms with van der Waals surface area (Å²) in [6.45, 7) is 0. The normalized spacial score (nSPS) is 9.36. The standard InChI is InChI=1S/C16H9N3O3/c17-8-10-5-6-12(7-11(10)9-18)19-15(20)13-3-1-2-4-14(13)16(21)22/h1-7H,(H,19,20)(H,21,22). The summed E-state index contributed by atoms with van der Waals surface area (Å²) in [4.78, 5) is 23.3. The molecule has 1 amide bonds. The maximum Gasteiger partial charge on any atom is 0.336 e. The summed E-state index contributed by atoms with van der Waals surface area (Å²) in [6.07, 6.45) is 0. The highest BCUT2D eigenvalue weighted by atomic mass is 16.4. The molecule has 0 bridgehead atoms. The fraction of sp³-hybridized carbons (Fsp3) is 0. The Morgan fingerprint density at radius 2 is 1.59 bits per heavy atom. The predicted octanol–water partition coefficient (Wildman–Crippen LogP) is 2.38. The van der Waals surface area contributed by atoms with Crippen LogP contribution in [0, 0.1) is 22.7 Å². The molecule has 2 N–H and O–H groups in total. The number of benzene rings is 2. The zero-order valence-corrected chi connectivity index (χ0v) is 11.2. The smallest absolute Gasteiger partial charge is 0.336 e. The lowest BCUT2D eigenvalue weighted by atomic mass is 10.1. The van der Waals surface area contributed by atoms with Gasteiger partial charge in [0, 0.05) is 5.69 Å². The zero-order valence-electron chi connectivity index (χ0n) is 11.2. The number of amides is 1. The van der Waals surface area contributed by atoms with Gasteiger partial charge in [0.25, 0.3) is 5.91 Å². The van der Waals surface area contributed by atoms with Gasteiger partial charge in [0.05, 0.1) is 22.3 Å². The lowest BCUT2D eigenvalue weighted by Gasteiger charge is -2.08. The molecule has 0 aromatic heterocycles. The Labute approximate surface area is 125 Å². The Bertz CT molecular complexity index is 844. The van der Waals surface area contributed by atoms with Crippen LogP contribution >= 0.6 is 0 Å². The van der Waals surface area contributed by atoms with Crippen molar-refractivity contribution in [2.45, 2.75) is 0 Å². The second-order valence-corrected chi connectivity index (χ2v) is 4.29. The monoisotopic (exact) mass is 291 g/mol. The van der Waals surface area contributed by atoms with Crippen molar-refractivity contribution in [1.29, 1.82) is 10.5 Å². The first kappa shape index (κ1) is 14.8. The number of anilines is 1. The summed E-state index contributed by atoms with van der Waals surface area (Å²) < 4.78 is 0. The highest BCUT2D eigenvalue weighted by Gasteiger charge is 2.16. The Morgan fingerprint density at radius 3 is 2.18 bits per heavy atom. The van der Waals surface area contributed by atoms with Gasteiger partial charge in [-0.25, -0.2) is 4.79 Å². The molecule has 0 aliphatic heterocycles. The van der Waals surface area contributed by atoms with Crippen molar-refractivity contribution < 1.29 is 14.7 Å². The van der Waals surface area contributed by atoms with E-state index in [1.54, 1.807) is 6.07 Å². The van der Waals surface area contributed by atoms with Gasteiger partial charge in [-0.05, 0) is 30.3 Å². The van der Waals surface area contributed by atoms with Gasteiger partial charge >= 0.3 is 5.97 Å². The van der Waals surface area contributed by atoms with E-state index in [1.807, 2.05) is 12.1 Å². The van der Waals surface area contributed by atoms with Crippen molar-refractivity contribution in [3.8, 4) is 12.1 Å². The van der Waals surface area contributed by atoms with E-state index < -0.39 is 11.9 Å². The average Bonchev–Trinajstić information content (AvgIpc) is 2.54.